The minimum atomic E-state index is -3.80. The van der Waals surface area contributed by atoms with Crippen LogP contribution < -0.4 is 14.8 Å². The SMILES string of the molecule is C=CCN(Cc1cc(OC)ccc1OC)S(=O)(=O)c1ccc(NC(C)=O)cc1. The van der Waals surface area contributed by atoms with Gasteiger partial charge in [0.2, 0.25) is 15.9 Å². The number of nitrogens with zero attached hydrogens (tertiary/aromatic N) is 1. The third-order valence-corrected chi connectivity index (χ3v) is 5.81. The van der Waals surface area contributed by atoms with Crippen LogP contribution in [0.3, 0.4) is 0 Å². The van der Waals surface area contributed by atoms with E-state index in [1.165, 1.54) is 36.5 Å². The van der Waals surface area contributed by atoms with Crippen molar-refractivity contribution in [2.45, 2.75) is 18.4 Å². The highest BCUT2D eigenvalue weighted by Crippen LogP contribution is 2.28. The van der Waals surface area contributed by atoms with Crippen molar-refractivity contribution in [1.29, 1.82) is 0 Å². The number of sulfonamides is 1. The number of methoxy groups -OCH3 is 2. The van der Waals surface area contributed by atoms with Crippen molar-refractivity contribution < 1.29 is 22.7 Å². The molecular weight excluding hydrogens is 380 g/mol. The average Bonchev–Trinajstić information content (AvgIpc) is 2.67. The van der Waals surface area contributed by atoms with Gasteiger partial charge in [0, 0.05) is 31.3 Å². The summed E-state index contributed by atoms with van der Waals surface area (Å²) in [6.07, 6.45) is 1.52. The third-order valence-electron chi connectivity index (χ3n) is 3.98. The zero-order valence-electron chi connectivity index (χ0n) is 16.1. The predicted molar refractivity (Wildman–Crippen MR) is 108 cm³/mol. The zero-order valence-corrected chi connectivity index (χ0v) is 17.0. The smallest absolute Gasteiger partial charge is 0.243 e. The van der Waals surface area contributed by atoms with Crippen LogP contribution in [0.4, 0.5) is 5.69 Å². The number of hydrogen-bond acceptors (Lipinski definition) is 5. The normalized spacial score (nSPS) is 11.1. The van der Waals surface area contributed by atoms with Crippen molar-refractivity contribution in [1.82, 2.24) is 4.31 Å². The molecule has 1 amide bonds. The lowest BCUT2D eigenvalue weighted by molar-refractivity contribution is -0.114. The molecule has 0 saturated carbocycles. The van der Waals surface area contributed by atoms with E-state index in [4.69, 9.17) is 9.47 Å². The van der Waals surface area contributed by atoms with E-state index in [0.29, 0.717) is 22.7 Å². The minimum Gasteiger partial charge on any atom is -0.497 e. The van der Waals surface area contributed by atoms with Crippen molar-refractivity contribution in [3.05, 3.63) is 60.7 Å². The molecule has 0 saturated heterocycles. The van der Waals surface area contributed by atoms with E-state index < -0.39 is 10.0 Å². The topological polar surface area (TPSA) is 84.9 Å². The predicted octanol–water partition coefficient (Wildman–Crippen LogP) is 3.04. The van der Waals surface area contributed by atoms with Gasteiger partial charge in [-0.1, -0.05) is 6.08 Å². The van der Waals surface area contributed by atoms with E-state index >= 15 is 0 Å². The second-order valence-corrected chi connectivity index (χ2v) is 7.91. The largest absolute Gasteiger partial charge is 0.497 e. The Balaban J connectivity index is 2.36. The van der Waals surface area contributed by atoms with Gasteiger partial charge in [-0.05, 0) is 42.5 Å². The molecule has 0 spiro atoms. The van der Waals surface area contributed by atoms with Gasteiger partial charge in [-0.3, -0.25) is 4.79 Å². The van der Waals surface area contributed by atoms with Crippen LogP contribution >= 0.6 is 0 Å². The van der Waals surface area contributed by atoms with E-state index in [1.807, 2.05) is 0 Å². The highest BCUT2D eigenvalue weighted by molar-refractivity contribution is 7.89. The van der Waals surface area contributed by atoms with Crippen molar-refractivity contribution in [2.75, 3.05) is 26.1 Å². The maximum Gasteiger partial charge on any atom is 0.243 e. The van der Waals surface area contributed by atoms with Gasteiger partial charge in [0.1, 0.15) is 11.5 Å². The summed E-state index contributed by atoms with van der Waals surface area (Å²) in [6, 6.07) is 11.2. The van der Waals surface area contributed by atoms with Crippen LogP contribution in [0.25, 0.3) is 0 Å². The first-order valence-corrected chi connectivity index (χ1v) is 9.95. The Bertz CT molecular complexity index is 940. The standard InChI is InChI=1S/C20H24N2O5S/c1-5-12-22(14-16-13-18(26-3)8-11-20(16)27-4)28(24,25)19-9-6-17(7-10-19)21-15(2)23/h5-11,13H,1,12,14H2,2-4H3,(H,21,23). The summed E-state index contributed by atoms with van der Waals surface area (Å²) >= 11 is 0. The summed E-state index contributed by atoms with van der Waals surface area (Å²) in [5.74, 6) is 0.937. The molecule has 0 aliphatic heterocycles. The van der Waals surface area contributed by atoms with E-state index in [2.05, 4.69) is 11.9 Å². The van der Waals surface area contributed by atoms with Crippen molar-refractivity contribution in [3.63, 3.8) is 0 Å². The first kappa shape index (κ1) is 21.5. The number of anilines is 1. The molecule has 0 aromatic heterocycles. The van der Waals surface area contributed by atoms with E-state index in [-0.39, 0.29) is 23.9 Å². The summed E-state index contributed by atoms with van der Waals surface area (Å²) in [5.41, 5.74) is 1.19. The molecule has 0 atom stereocenters. The number of rotatable bonds is 9. The molecule has 1 N–H and O–H groups in total. The highest BCUT2D eigenvalue weighted by Gasteiger charge is 2.25. The second-order valence-electron chi connectivity index (χ2n) is 5.97. The Morgan fingerprint density at radius 3 is 2.36 bits per heavy atom. The Hall–Kier alpha value is -2.84. The van der Waals surface area contributed by atoms with Gasteiger partial charge < -0.3 is 14.8 Å². The third kappa shape index (κ3) is 5.11. The molecule has 2 aromatic carbocycles. The Morgan fingerprint density at radius 1 is 1.14 bits per heavy atom. The Kier molecular flexibility index (Phi) is 7.19. The molecule has 8 heteroatoms. The number of carbonyl (C=O) groups is 1. The van der Waals surface area contributed by atoms with Crippen LogP contribution in [0.5, 0.6) is 11.5 Å². The van der Waals surface area contributed by atoms with Gasteiger partial charge in [0.05, 0.1) is 19.1 Å². The first-order chi connectivity index (χ1) is 13.3. The summed E-state index contributed by atoms with van der Waals surface area (Å²) < 4.78 is 38.1. The van der Waals surface area contributed by atoms with Crippen LogP contribution in [0.15, 0.2) is 60.0 Å². The van der Waals surface area contributed by atoms with Crippen LogP contribution in [0.1, 0.15) is 12.5 Å². The van der Waals surface area contributed by atoms with Gasteiger partial charge in [-0.15, -0.1) is 6.58 Å². The lowest BCUT2D eigenvalue weighted by Crippen LogP contribution is -2.31. The molecule has 0 aliphatic rings. The van der Waals surface area contributed by atoms with E-state index in [0.717, 1.165) is 0 Å². The highest BCUT2D eigenvalue weighted by atomic mass is 32.2. The molecule has 150 valence electrons. The molecule has 2 rings (SSSR count). The van der Waals surface area contributed by atoms with Gasteiger partial charge in [0.25, 0.3) is 0 Å². The fourth-order valence-electron chi connectivity index (χ4n) is 2.65. The van der Waals surface area contributed by atoms with Crippen LogP contribution in [-0.4, -0.2) is 39.4 Å². The Morgan fingerprint density at radius 2 is 1.82 bits per heavy atom. The molecular formula is C20H24N2O5S. The molecule has 0 aliphatic carbocycles. The fourth-order valence-corrected chi connectivity index (χ4v) is 4.04. The lowest BCUT2D eigenvalue weighted by Gasteiger charge is -2.22. The maximum atomic E-state index is 13.1. The minimum absolute atomic E-state index is 0.0855. The molecule has 7 nitrogen and oxygen atoms in total. The average molecular weight is 404 g/mol. The van der Waals surface area contributed by atoms with Gasteiger partial charge >= 0.3 is 0 Å². The summed E-state index contributed by atoms with van der Waals surface area (Å²) in [5, 5.41) is 2.61. The second kappa shape index (κ2) is 9.38. The summed E-state index contributed by atoms with van der Waals surface area (Å²) in [7, 11) is -0.730. The van der Waals surface area contributed by atoms with Crippen molar-refractivity contribution >= 4 is 21.6 Å². The van der Waals surface area contributed by atoms with Gasteiger partial charge in [-0.25, -0.2) is 8.42 Å². The summed E-state index contributed by atoms with van der Waals surface area (Å²) in [6.45, 7) is 5.26. The number of carbonyl (C=O) groups excluding carboxylic acids is 1. The molecule has 0 fully saturated rings. The molecule has 28 heavy (non-hydrogen) atoms. The maximum absolute atomic E-state index is 13.1. The number of nitrogens with one attached hydrogen (secondary N) is 1. The van der Waals surface area contributed by atoms with Crippen LogP contribution in [0.2, 0.25) is 0 Å². The van der Waals surface area contributed by atoms with E-state index in [1.54, 1.807) is 37.4 Å². The monoisotopic (exact) mass is 404 g/mol. The molecule has 0 unspecified atom stereocenters. The molecule has 0 radical (unpaired) electrons. The molecule has 0 bridgehead atoms. The number of hydrogen-bond donors (Lipinski definition) is 1. The van der Waals surface area contributed by atoms with Crippen LogP contribution in [-0.2, 0) is 21.4 Å². The zero-order chi connectivity index (χ0) is 20.7. The fraction of sp³-hybridized carbons (Fsp3) is 0.250. The van der Waals surface area contributed by atoms with E-state index in [9.17, 15) is 13.2 Å². The quantitative estimate of drug-likeness (QED) is 0.650. The Labute approximate surface area is 165 Å². The van der Waals surface area contributed by atoms with Crippen molar-refractivity contribution in [2.24, 2.45) is 0 Å². The van der Waals surface area contributed by atoms with Gasteiger partial charge in [0.15, 0.2) is 0 Å². The number of ether oxygens (including phenoxy) is 2. The summed E-state index contributed by atoms with van der Waals surface area (Å²) in [4.78, 5) is 11.2. The van der Waals surface area contributed by atoms with Gasteiger partial charge in [-0.2, -0.15) is 4.31 Å². The number of benzene rings is 2. The molecule has 2 aromatic rings. The lowest BCUT2D eigenvalue weighted by atomic mass is 10.2. The van der Waals surface area contributed by atoms with Crippen molar-refractivity contribution in [3.8, 4) is 11.5 Å². The molecule has 0 heterocycles. The number of amides is 1. The van der Waals surface area contributed by atoms with Crippen LogP contribution in [0, 0.1) is 0 Å². The first-order valence-electron chi connectivity index (χ1n) is 8.51.